The molecule has 5 nitrogen and oxygen atoms in total. The Morgan fingerprint density at radius 1 is 1.25 bits per heavy atom. The van der Waals surface area contributed by atoms with Gasteiger partial charge in [0.25, 0.3) is 0 Å². The first kappa shape index (κ1) is 17.2. The normalized spacial score (nSPS) is 12.3. The Balaban J connectivity index is 2.97. The van der Waals surface area contributed by atoms with Crippen molar-refractivity contribution >= 4 is 27.3 Å². The van der Waals surface area contributed by atoms with E-state index in [1.54, 1.807) is 6.07 Å². The van der Waals surface area contributed by atoms with E-state index < -0.39 is 10.0 Å². The summed E-state index contributed by atoms with van der Waals surface area (Å²) in [5, 5.41) is 0.363. The van der Waals surface area contributed by atoms with E-state index in [4.69, 9.17) is 17.3 Å². The summed E-state index contributed by atoms with van der Waals surface area (Å²) >= 11 is 5.87. The summed E-state index contributed by atoms with van der Waals surface area (Å²) in [7, 11) is 0.319. The smallest absolute Gasteiger partial charge is 0.245 e. The lowest BCUT2D eigenvalue weighted by Crippen LogP contribution is -2.33. The highest BCUT2D eigenvalue weighted by atomic mass is 35.5. The molecule has 0 bridgehead atoms. The van der Waals surface area contributed by atoms with Crippen LogP contribution in [0.5, 0.6) is 0 Å². The average molecular weight is 320 g/mol. The molecule has 2 N–H and O–H groups in total. The van der Waals surface area contributed by atoms with Gasteiger partial charge in [-0.15, -0.1) is 0 Å². The van der Waals surface area contributed by atoms with Crippen LogP contribution in [0.15, 0.2) is 23.1 Å². The van der Waals surface area contributed by atoms with Gasteiger partial charge in [-0.05, 0) is 45.3 Å². The van der Waals surface area contributed by atoms with Crippen molar-refractivity contribution in [1.82, 2.24) is 9.21 Å². The van der Waals surface area contributed by atoms with Crippen molar-refractivity contribution in [2.24, 2.45) is 0 Å². The number of nitrogen functional groups attached to an aromatic ring is 1. The van der Waals surface area contributed by atoms with E-state index in [-0.39, 0.29) is 10.6 Å². The van der Waals surface area contributed by atoms with Crippen LogP contribution in [0.4, 0.5) is 5.69 Å². The summed E-state index contributed by atoms with van der Waals surface area (Å²) in [6.45, 7) is 3.51. The van der Waals surface area contributed by atoms with Gasteiger partial charge in [0, 0.05) is 18.1 Å². The molecule has 1 aromatic carbocycles. The Kier molecular flexibility index (Phi) is 6.26. The Morgan fingerprint density at radius 2 is 1.90 bits per heavy atom. The van der Waals surface area contributed by atoms with Gasteiger partial charge in [0.15, 0.2) is 0 Å². The summed E-state index contributed by atoms with van der Waals surface area (Å²) in [5.41, 5.74) is 5.99. The van der Waals surface area contributed by atoms with Crippen LogP contribution in [-0.4, -0.2) is 51.4 Å². The lowest BCUT2D eigenvalue weighted by molar-refractivity contribution is 0.356. The Hall–Kier alpha value is -0.820. The highest BCUT2D eigenvalue weighted by Crippen LogP contribution is 2.25. The number of hydrogen-bond acceptors (Lipinski definition) is 4. The molecule has 0 saturated heterocycles. The van der Waals surface area contributed by atoms with Crippen LogP contribution in [0, 0.1) is 0 Å². The fraction of sp³-hybridized carbons (Fsp3) is 0.538. The lowest BCUT2D eigenvalue weighted by Gasteiger charge is -2.22. The van der Waals surface area contributed by atoms with Gasteiger partial charge in [0.05, 0.1) is 5.69 Å². The maximum atomic E-state index is 12.6. The number of hydrogen-bond donors (Lipinski definition) is 1. The second kappa shape index (κ2) is 7.26. The molecule has 7 heteroatoms. The molecular formula is C13H22ClN3O2S. The van der Waals surface area contributed by atoms with E-state index in [1.165, 1.54) is 16.4 Å². The molecule has 114 valence electrons. The third kappa shape index (κ3) is 4.34. The van der Waals surface area contributed by atoms with Gasteiger partial charge in [-0.1, -0.05) is 18.5 Å². The van der Waals surface area contributed by atoms with Crippen LogP contribution in [0.2, 0.25) is 5.02 Å². The van der Waals surface area contributed by atoms with Gasteiger partial charge in [-0.2, -0.15) is 4.31 Å². The topological polar surface area (TPSA) is 66.6 Å². The maximum absolute atomic E-state index is 12.6. The predicted molar refractivity (Wildman–Crippen MR) is 83.5 cm³/mol. The summed E-state index contributed by atoms with van der Waals surface area (Å²) in [4.78, 5) is 2.10. The standard InChI is InChI=1S/C13H22ClN3O2S/c1-4-17(9-5-8-16(2)3)20(18,19)13-10-11(14)6-7-12(13)15/h6-7,10H,4-5,8-9,15H2,1-3H3. The summed E-state index contributed by atoms with van der Waals surface area (Å²) in [6.07, 6.45) is 0.764. The van der Waals surface area contributed by atoms with E-state index >= 15 is 0 Å². The zero-order valence-corrected chi connectivity index (χ0v) is 13.7. The molecule has 0 saturated carbocycles. The second-order valence-corrected chi connectivity index (χ2v) is 7.18. The van der Waals surface area contributed by atoms with Crippen LogP contribution in [-0.2, 0) is 10.0 Å². The van der Waals surface area contributed by atoms with Crippen LogP contribution >= 0.6 is 11.6 Å². The molecule has 0 atom stereocenters. The van der Waals surface area contributed by atoms with Gasteiger partial charge < -0.3 is 10.6 Å². The van der Waals surface area contributed by atoms with Crippen LogP contribution in [0.25, 0.3) is 0 Å². The molecule has 20 heavy (non-hydrogen) atoms. The first-order valence-corrected chi connectivity index (χ1v) is 8.30. The molecule has 0 heterocycles. The highest BCUT2D eigenvalue weighted by Gasteiger charge is 2.25. The second-order valence-electron chi connectivity index (χ2n) is 4.84. The van der Waals surface area contributed by atoms with Crippen LogP contribution < -0.4 is 5.73 Å². The van der Waals surface area contributed by atoms with Crippen molar-refractivity contribution in [3.05, 3.63) is 23.2 Å². The number of sulfonamides is 1. The fourth-order valence-corrected chi connectivity index (χ4v) is 3.75. The van der Waals surface area contributed by atoms with E-state index in [0.717, 1.165) is 13.0 Å². The average Bonchev–Trinajstić information content (AvgIpc) is 2.36. The zero-order chi connectivity index (χ0) is 15.3. The third-order valence-electron chi connectivity index (χ3n) is 2.96. The van der Waals surface area contributed by atoms with Gasteiger partial charge in [0.1, 0.15) is 4.90 Å². The number of nitrogens with two attached hydrogens (primary N) is 1. The van der Waals surface area contributed by atoms with Crippen molar-refractivity contribution in [2.45, 2.75) is 18.2 Å². The van der Waals surface area contributed by atoms with E-state index in [1.807, 2.05) is 25.9 Å². The molecule has 0 aliphatic carbocycles. The number of halogens is 1. The van der Waals surface area contributed by atoms with Gasteiger partial charge in [-0.3, -0.25) is 0 Å². The number of benzene rings is 1. The number of rotatable bonds is 7. The molecule has 0 aliphatic rings. The molecule has 0 radical (unpaired) electrons. The first-order valence-electron chi connectivity index (χ1n) is 6.49. The summed E-state index contributed by atoms with van der Waals surface area (Å²) in [6, 6.07) is 4.50. The first-order chi connectivity index (χ1) is 9.28. The summed E-state index contributed by atoms with van der Waals surface area (Å²) < 4.78 is 26.6. The molecule has 1 aromatic rings. The minimum absolute atomic E-state index is 0.0803. The molecule has 0 aliphatic heterocycles. The molecule has 0 spiro atoms. The fourth-order valence-electron chi connectivity index (χ4n) is 1.88. The van der Waals surface area contributed by atoms with E-state index in [0.29, 0.717) is 18.1 Å². The Morgan fingerprint density at radius 3 is 2.45 bits per heavy atom. The van der Waals surface area contributed by atoms with Crippen molar-refractivity contribution in [3.63, 3.8) is 0 Å². The number of anilines is 1. The quantitative estimate of drug-likeness (QED) is 0.779. The van der Waals surface area contributed by atoms with E-state index in [2.05, 4.69) is 0 Å². The van der Waals surface area contributed by atoms with Crippen molar-refractivity contribution in [3.8, 4) is 0 Å². The monoisotopic (exact) mass is 319 g/mol. The minimum Gasteiger partial charge on any atom is -0.398 e. The molecule has 0 unspecified atom stereocenters. The van der Waals surface area contributed by atoms with Gasteiger partial charge in [-0.25, -0.2) is 8.42 Å². The molecular weight excluding hydrogens is 298 g/mol. The molecule has 1 rings (SSSR count). The molecule has 0 amide bonds. The largest absolute Gasteiger partial charge is 0.398 e. The van der Waals surface area contributed by atoms with Crippen LogP contribution in [0.3, 0.4) is 0 Å². The lowest BCUT2D eigenvalue weighted by atomic mass is 10.3. The van der Waals surface area contributed by atoms with Crippen molar-refractivity contribution in [1.29, 1.82) is 0 Å². The van der Waals surface area contributed by atoms with E-state index in [9.17, 15) is 8.42 Å². The summed E-state index contributed by atoms with van der Waals surface area (Å²) in [5.74, 6) is 0. The number of nitrogens with zero attached hydrogens (tertiary/aromatic N) is 2. The predicted octanol–water partition coefficient (Wildman–Crippen LogP) is 1.88. The van der Waals surface area contributed by atoms with Crippen molar-refractivity contribution in [2.75, 3.05) is 39.5 Å². The highest BCUT2D eigenvalue weighted by molar-refractivity contribution is 7.89. The third-order valence-corrected chi connectivity index (χ3v) is 5.22. The zero-order valence-electron chi connectivity index (χ0n) is 12.1. The molecule has 0 fully saturated rings. The SMILES string of the molecule is CCN(CCCN(C)C)S(=O)(=O)c1cc(Cl)ccc1N. The Labute approximate surface area is 126 Å². The van der Waals surface area contributed by atoms with Gasteiger partial charge >= 0.3 is 0 Å². The maximum Gasteiger partial charge on any atom is 0.245 e. The van der Waals surface area contributed by atoms with Crippen LogP contribution in [0.1, 0.15) is 13.3 Å². The molecule has 0 aromatic heterocycles. The minimum atomic E-state index is -3.60. The van der Waals surface area contributed by atoms with Gasteiger partial charge in [0.2, 0.25) is 10.0 Å². The van der Waals surface area contributed by atoms with Crippen molar-refractivity contribution < 1.29 is 8.42 Å². The Bertz CT molecular complexity index is 547.